The lowest BCUT2D eigenvalue weighted by molar-refractivity contribution is -0.0440. The zero-order chi connectivity index (χ0) is 70.4. The average Bonchev–Trinajstić information content (AvgIpc) is 1.58. The minimum Gasteiger partial charge on any atom is -0.417 e. The van der Waals surface area contributed by atoms with Crippen molar-refractivity contribution in [3.05, 3.63) is 291 Å². The van der Waals surface area contributed by atoms with Gasteiger partial charge in [0, 0.05) is 44.5 Å². The summed E-state index contributed by atoms with van der Waals surface area (Å²) in [5.41, 5.74) is -10.4. The first-order valence-electron chi connectivity index (χ1n) is 32.3. The van der Waals surface area contributed by atoms with Gasteiger partial charge in [-0.25, -0.2) is 0 Å². The molecule has 16 aromatic carbocycles. The number of nitrogens with zero attached hydrogens (tertiary/aromatic N) is 2. The maximum absolute atomic E-state index is 16.3. The highest BCUT2D eigenvalue weighted by Crippen LogP contribution is 2.72. The Morgan fingerprint density at radius 1 is 0.262 bits per heavy atom. The fourth-order valence-electron chi connectivity index (χ4n) is 14.2. The van der Waals surface area contributed by atoms with Gasteiger partial charge in [-0.1, -0.05) is 251 Å². The highest BCUT2D eigenvalue weighted by atomic mass is 32.2. The van der Waals surface area contributed by atoms with E-state index in [4.69, 9.17) is 18.1 Å². The van der Waals surface area contributed by atoms with Gasteiger partial charge in [-0.3, -0.25) is 0 Å². The van der Waals surface area contributed by atoms with Crippen LogP contribution in [0.2, 0.25) is 0 Å². The van der Waals surface area contributed by atoms with Crippen molar-refractivity contribution in [2.75, 3.05) is 0 Å². The van der Waals surface area contributed by atoms with Crippen LogP contribution in [0.5, 0.6) is 23.0 Å². The van der Waals surface area contributed by atoms with E-state index in [9.17, 15) is 0 Å². The number of halogens is 6. The minimum atomic E-state index is -7.10. The van der Waals surface area contributed by atoms with E-state index in [1.54, 1.807) is 194 Å². The average molecular weight is 1440 g/mol. The highest BCUT2D eigenvalue weighted by Gasteiger charge is 2.56. The van der Waals surface area contributed by atoms with E-state index in [1.807, 2.05) is 97.1 Å². The zero-order valence-corrected chi connectivity index (χ0v) is 56.8. The second-order valence-electron chi connectivity index (χ2n) is 25.2. The van der Waals surface area contributed by atoms with Crippen LogP contribution >= 0.6 is 15.3 Å². The Hall–Kier alpha value is -11.3. The number of fused-ring (bicyclic) bond motifs is 18. The molecule has 0 unspecified atom stereocenters. The lowest BCUT2D eigenvalue weighted by atomic mass is 9.86. The predicted molar refractivity (Wildman–Crippen MR) is 400 cm³/mol. The Bertz CT molecular complexity index is 6000. The molecule has 0 fully saturated rings. The third kappa shape index (κ3) is 10.8. The van der Waals surface area contributed by atoms with Crippen LogP contribution in [0.25, 0.3) is 153 Å². The Morgan fingerprint density at radius 2 is 0.466 bits per heavy atom. The molecule has 0 aromatic heterocycles. The number of sulfonamides is 2. The molecular weight excluding hydrogens is 1390 g/mol. The quantitative estimate of drug-likeness (QED) is 0.116. The van der Waals surface area contributed by atoms with E-state index < -0.39 is 69.4 Å². The summed E-state index contributed by atoms with van der Waals surface area (Å²) in [6, 6.07) is 85.5. The third-order valence-electron chi connectivity index (χ3n) is 18.9. The SMILES string of the molecule is O=S(=O)(N=P1(NP2(=NS(=O)(=O)C(F)(F)F)Oc3c(-c4ccc5ccccc5c4)cc4ccccc4c3-c3c(c(-c4ccc5ccccc5c4)cc4ccccc34)O2)Oc2c(-c3ccc4ccccc4c3)cc3ccccc3c2-c2c(c(-c3ccc4ccccc4c3)cc3ccccc23)O1)C(F)(F)F. The largest absolute Gasteiger partial charge is 0.518 e. The van der Waals surface area contributed by atoms with Crippen LogP contribution in [-0.4, -0.2) is 27.9 Å². The fraction of sp³-hybridized carbons (Fsp3) is 0.0244. The minimum absolute atomic E-state index is 0.0997. The van der Waals surface area contributed by atoms with E-state index in [1.165, 1.54) is 0 Å². The van der Waals surface area contributed by atoms with Gasteiger partial charge >= 0.3 is 46.4 Å². The molecule has 0 radical (unpaired) electrons. The summed E-state index contributed by atoms with van der Waals surface area (Å²) in [4.78, 5) is 2.65. The molecule has 504 valence electrons. The number of nitrogens with one attached hydrogen (secondary N) is 1. The molecule has 0 bridgehead atoms. The number of rotatable bonds is 8. The molecule has 2 aliphatic heterocycles. The molecule has 1 N–H and O–H groups in total. The summed E-state index contributed by atoms with van der Waals surface area (Å²) in [5.74, 6) is -1.58. The van der Waals surface area contributed by atoms with E-state index >= 15 is 43.2 Å². The van der Waals surface area contributed by atoms with Crippen LogP contribution in [0.1, 0.15) is 0 Å². The van der Waals surface area contributed by atoms with E-state index in [2.05, 4.69) is 13.2 Å². The van der Waals surface area contributed by atoms with Crippen LogP contribution in [0, 0.1) is 0 Å². The molecule has 0 spiro atoms. The predicted octanol–water partition coefficient (Wildman–Crippen LogP) is 24.3. The summed E-state index contributed by atoms with van der Waals surface area (Å²) in [7, 11) is -26.9. The molecule has 0 amide bonds. The van der Waals surface area contributed by atoms with Crippen molar-refractivity contribution in [3.8, 4) is 89.8 Å². The fourth-order valence-corrected chi connectivity index (χ4v) is 22.5. The second-order valence-corrected chi connectivity index (χ2v) is 32.9. The lowest BCUT2D eigenvalue weighted by Gasteiger charge is -2.32. The normalized spacial score (nSPS) is 14.2. The molecule has 18 rings (SSSR count). The topological polar surface area (TPSA) is 142 Å². The summed E-state index contributed by atoms with van der Waals surface area (Å²) in [6.45, 7) is 0. The van der Waals surface area contributed by atoms with Gasteiger partial charge in [0.2, 0.25) is 0 Å². The number of alkyl halides is 6. The Labute approximate surface area is 584 Å². The van der Waals surface area contributed by atoms with Gasteiger partial charge in [-0.15, -0.1) is 4.86 Å². The maximum Gasteiger partial charge on any atom is 0.518 e. The van der Waals surface area contributed by atoms with Gasteiger partial charge in [-0.05, 0) is 157 Å². The standard InChI is InChI=1S/C82H49F6N3O8P2S2/c83-81(84,85)102(92,93)90-100(96-77-69(61-37-33-49-17-1-5-21-53(49)41-61)45-57-25-9-13-29-65(57)73(77)74-66-30-14-10-26-58(66)46-70(78(74)97-100)62-38-34-50-18-2-6-22-54(50)42-62)89-101(91-103(94,95)82(86,87)88)98-79-71(63-39-35-51-19-3-7-23-55(51)43-63)47-59-27-11-15-31-67(59)75(79)76-68-32-16-12-28-60(68)48-72(80(76)99-101)64-40-36-52-20-4-8-24-56(52)44-64/h1-48,89H. The van der Waals surface area contributed by atoms with Crippen molar-refractivity contribution >= 4 is 122 Å². The molecule has 11 nitrogen and oxygen atoms in total. The Kier molecular flexibility index (Phi) is 14.7. The Balaban J connectivity index is 1.04. The highest BCUT2D eigenvalue weighted by molar-refractivity contribution is 7.96. The van der Waals surface area contributed by atoms with Crippen molar-refractivity contribution in [2.45, 2.75) is 11.0 Å². The molecule has 0 aliphatic carbocycles. The summed E-state index contributed by atoms with van der Waals surface area (Å²) in [5, 5.41) is 9.53. The van der Waals surface area contributed by atoms with Gasteiger partial charge in [-0.2, -0.15) is 43.2 Å². The van der Waals surface area contributed by atoms with Crippen LogP contribution in [-0.2, 0) is 20.0 Å². The zero-order valence-electron chi connectivity index (χ0n) is 53.4. The summed E-state index contributed by atoms with van der Waals surface area (Å²) in [6.07, 6.45) is 0. The molecule has 0 atom stereocenters. The van der Waals surface area contributed by atoms with Gasteiger partial charge in [0.15, 0.2) is 0 Å². The number of benzene rings is 16. The molecule has 0 saturated heterocycles. The first-order valence-corrected chi connectivity index (χ1v) is 38.4. The van der Waals surface area contributed by atoms with Crippen molar-refractivity contribution in [1.29, 1.82) is 0 Å². The lowest BCUT2D eigenvalue weighted by Crippen LogP contribution is -2.28. The van der Waals surface area contributed by atoms with E-state index in [0.29, 0.717) is 86.9 Å². The molecule has 2 aliphatic rings. The summed E-state index contributed by atoms with van der Waals surface area (Å²) < 4.78 is 195. The van der Waals surface area contributed by atoms with Gasteiger partial charge in [0.05, 0.1) is 0 Å². The smallest absolute Gasteiger partial charge is 0.417 e. The van der Waals surface area contributed by atoms with Crippen molar-refractivity contribution < 1.29 is 61.3 Å². The molecule has 2 heterocycles. The molecular formula is C82H49F6N3O8P2S2. The van der Waals surface area contributed by atoms with Gasteiger partial charge < -0.3 is 18.1 Å². The van der Waals surface area contributed by atoms with Crippen molar-refractivity contribution in [3.63, 3.8) is 0 Å². The van der Waals surface area contributed by atoms with Crippen LogP contribution in [0.15, 0.2) is 299 Å². The Morgan fingerprint density at radius 3 is 0.689 bits per heavy atom. The second kappa shape index (κ2) is 23.6. The molecule has 0 saturated carbocycles. The van der Waals surface area contributed by atoms with E-state index in [0.717, 1.165) is 21.5 Å². The van der Waals surface area contributed by atoms with Crippen LogP contribution < -0.4 is 23.0 Å². The number of hydrogen-bond donors (Lipinski definition) is 1. The van der Waals surface area contributed by atoms with E-state index in [-0.39, 0.29) is 44.5 Å². The van der Waals surface area contributed by atoms with Crippen LogP contribution in [0.3, 0.4) is 0 Å². The summed E-state index contributed by atoms with van der Waals surface area (Å²) >= 11 is 0. The molecule has 103 heavy (non-hydrogen) atoms. The van der Waals surface area contributed by atoms with Gasteiger partial charge in [0.1, 0.15) is 23.0 Å². The van der Waals surface area contributed by atoms with Gasteiger partial charge in [0.25, 0.3) is 0 Å². The van der Waals surface area contributed by atoms with Crippen molar-refractivity contribution in [1.82, 2.24) is 4.86 Å². The number of hydrogen-bond acceptors (Lipinski definition) is 8. The first-order chi connectivity index (χ1) is 49.7. The molecule has 16 aromatic rings. The molecule has 21 heteroatoms. The first kappa shape index (κ1) is 63.8. The van der Waals surface area contributed by atoms with Crippen molar-refractivity contribution in [2.24, 2.45) is 8.30 Å². The monoisotopic (exact) mass is 1440 g/mol. The third-order valence-corrected chi connectivity index (χ3v) is 27.2. The maximum atomic E-state index is 16.3. The van der Waals surface area contributed by atoms with Crippen LogP contribution in [0.4, 0.5) is 26.3 Å².